The number of aromatic nitrogens is 3. The average Bonchev–Trinajstić information content (AvgIpc) is 3.13. The number of halogens is 3. The number of hydrogen-bond donors (Lipinski definition) is 2. The molecule has 1 aliphatic rings. The summed E-state index contributed by atoms with van der Waals surface area (Å²) in [6.45, 7) is 0.823. The molecule has 1 aliphatic heterocycles. The smallest absolute Gasteiger partial charge is 0.446 e. The number of rotatable bonds is 5. The zero-order valence-electron chi connectivity index (χ0n) is 18.6. The van der Waals surface area contributed by atoms with Gasteiger partial charge in [0.25, 0.3) is 0 Å². The summed E-state index contributed by atoms with van der Waals surface area (Å²) in [7, 11) is 0. The molecule has 1 fully saturated rings. The number of benzene rings is 2. The number of fused-ring (bicyclic) bond motifs is 1. The van der Waals surface area contributed by atoms with Crippen LogP contribution >= 0.6 is 11.8 Å². The summed E-state index contributed by atoms with van der Waals surface area (Å²) < 4.78 is 40.7. The number of imidazole rings is 1. The second-order valence-electron chi connectivity index (χ2n) is 8.47. The molecule has 0 spiro atoms. The molecule has 35 heavy (non-hydrogen) atoms. The molecule has 2 atom stereocenters. The minimum absolute atomic E-state index is 0.000703. The van der Waals surface area contributed by atoms with Gasteiger partial charge in [-0.3, -0.25) is 9.55 Å². The fraction of sp³-hybridized carbons (Fsp3) is 0.280. The molecule has 0 radical (unpaired) electrons. The number of hydrogen-bond acceptors (Lipinski definition) is 5. The van der Waals surface area contributed by atoms with Crippen molar-refractivity contribution in [2.45, 2.75) is 41.7 Å². The number of thioether (sulfide) groups is 1. The van der Waals surface area contributed by atoms with Crippen molar-refractivity contribution >= 4 is 22.7 Å². The SMILES string of the molecule is O=c1n(C(c2ccnc3ccccc23)C2CCCCN2)cc(O)n1-c1ccc(SC(F)(F)F)cc1. The van der Waals surface area contributed by atoms with Crippen LogP contribution in [0.25, 0.3) is 16.6 Å². The Bertz CT molecular complexity index is 1390. The van der Waals surface area contributed by atoms with Gasteiger partial charge in [-0.15, -0.1) is 0 Å². The molecule has 182 valence electrons. The Kier molecular flexibility index (Phi) is 6.33. The van der Waals surface area contributed by atoms with Gasteiger partial charge in [0.2, 0.25) is 5.88 Å². The monoisotopic (exact) mass is 500 g/mol. The Labute approximate surface area is 203 Å². The van der Waals surface area contributed by atoms with Gasteiger partial charge in [0.1, 0.15) is 0 Å². The van der Waals surface area contributed by atoms with Crippen LogP contribution < -0.4 is 11.0 Å². The van der Waals surface area contributed by atoms with Crippen molar-refractivity contribution in [3.63, 3.8) is 0 Å². The summed E-state index contributed by atoms with van der Waals surface area (Å²) in [6, 6.07) is 14.5. The minimum Gasteiger partial charge on any atom is -0.493 e. The van der Waals surface area contributed by atoms with E-state index in [1.54, 1.807) is 6.20 Å². The van der Waals surface area contributed by atoms with Crippen molar-refractivity contribution in [1.82, 2.24) is 19.4 Å². The van der Waals surface area contributed by atoms with Crippen LogP contribution in [0.1, 0.15) is 30.9 Å². The quantitative estimate of drug-likeness (QED) is 0.367. The van der Waals surface area contributed by atoms with E-state index >= 15 is 0 Å². The van der Waals surface area contributed by atoms with E-state index in [0.29, 0.717) is 0 Å². The summed E-state index contributed by atoms with van der Waals surface area (Å²) in [6.07, 6.45) is 6.02. The third-order valence-corrected chi connectivity index (χ3v) is 6.99. The highest BCUT2D eigenvalue weighted by Crippen LogP contribution is 2.37. The van der Waals surface area contributed by atoms with E-state index in [-0.39, 0.29) is 34.3 Å². The van der Waals surface area contributed by atoms with Gasteiger partial charge in [0.05, 0.1) is 23.4 Å². The molecule has 1 saturated heterocycles. The highest BCUT2D eigenvalue weighted by molar-refractivity contribution is 8.00. The molecule has 0 saturated carbocycles. The lowest BCUT2D eigenvalue weighted by Crippen LogP contribution is -2.44. The van der Waals surface area contributed by atoms with E-state index in [1.165, 1.54) is 35.0 Å². The van der Waals surface area contributed by atoms with E-state index in [9.17, 15) is 23.1 Å². The molecule has 0 bridgehead atoms. The maximum Gasteiger partial charge on any atom is 0.446 e. The van der Waals surface area contributed by atoms with Gasteiger partial charge in [0.15, 0.2) is 0 Å². The molecule has 2 aromatic carbocycles. The lowest BCUT2D eigenvalue weighted by atomic mass is 9.90. The predicted octanol–water partition coefficient (Wildman–Crippen LogP) is 5.24. The van der Waals surface area contributed by atoms with Gasteiger partial charge in [-0.05, 0) is 73.1 Å². The Morgan fingerprint density at radius 3 is 2.57 bits per heavy atom. The average molecular weight is 501 g/mol. The lowest BCUT2D eigenvalue weighted by Gasteiger charge is -2.32. The first-order valence-corrected chi connectivity index (χ1v) is 12.1. The maximum absolute atomic E-state index is 13.6. The second-order valence-corrected chi connectivity index (χ2v) is 9.61. The highest BCUT2D eigenvalue weighted by atomic mass is 32.2. The van der Waals surface area contributed by atoms with Gasteiger partial charge in [0, 0.05) is 22.5 Å². The molecule has 5 rings (SSSR count). The number of nitrogens with zero attached hydrogens (tertiary/aromatic N) is 3. The van der Waals surface area contributed by atoms with Crippen molar-refractivity contribution < 1.29 is 18.3 Å². The van der Waals surface area contributed by atoms with Crippen LogP contribution in [0.15, 0.2) is 76.7 Å². The van der Waals surface area contributed by atoms with Crippen LogP contribution in [0.5, 0.6) is 5.88 Å². The summed E-state index contributed by atoms with van der Waals surface area (Å²) in [5.74, 6) is -0.287. The van der Waals surface area contributed by atoms with E-state index in [0.717, 1.165) is 46.8 Å². The number of alkyl halides is 3. The fourth-order valence-electron chi connectivity index (χ4n) is 4.77. The second kappa shape index (κ2) is 9.43. The Morgan fingerprint density at radius 2 is 1.86 bits per heavy atom. The van der Waals surface area contributed by atoms with E-state index in [1.807, 2.05) is 30.3 Å². The van der Waals surface area contributed by atoms with Gasteiger partial charge in [-0.1, -0.05) is 24.6 Å². The van der Waals surface area contributed by atoms with Crippen molar-refractivity contribution in [1.29, 1.82) is 0 Å². The van der Waals surface area contributed by atoms with Crippen LogP contribution in [0.4, 0.5) is 13.2 Å². The Hall–Kier alpha value is -3.24. The van der Waals surface area contributed by atoms with Gasteiger partial charge in [-0.25, -0.2) is 9.36 Å². The van der Waals surface area contributed by atoms with Crippen LogP contribution in [0.2, 0.25) is 0 Å². The number of pyridine rings is 1. The van der Waals surface area contributed by atoms with Crippen molar-refractivity contribution in [2.24, 2.45) is 0 Å². The van der Waals surface area contributed by atoms with Crippen LogP contribution in [-0.2, 0) is 0 Å². The van der Waals surface area contributed by atoms with Crippen LogP contribution in [0.3, 0.4) is 0 Å². The zero-order valence-corrected chi connectivity index (χ0v) is 19.4. The van der Waals surface area contributed by atoms with Gasteiger partial charge < -0.3 is 10.4 Å². The molecule has 4 aromatic rings. The van der Waals surface area contributed by atoms with Crippen LogP contribution in [0, 0.1) is 0 Å². The van der Waals surface area contributed by atoms with Gasteiger partial charge >= 0.3 is 11.2 Å². The molecular formula is C25H23F3N4O2S. The summed E-state index contributed by atoms with van der Waals surface area (Å²) in [5.41, 5.74) is -2.88. The lowest BCUT2D eigenvalue weighted by molar-refractivity contribution is -0.0328. The first-order valence-electron chi connectivity index (χ1n) is 11.3. The Morgan fingerprint density at radius 1 is 1.09 bits per heavy atom. The minimum atomic E-state index is -4.41. The Balaban J connectivity index is 1.61. The van der Waals surface area contributed by atoms with Crippen molar-refractivity contribution in [3.8, 4) is 11.6 Å². The molecule has 2 N–H and O–H groups in total. The molecule has 10 heteroatoms. The largest absolute Gasteiger partial charge is 0.493 e. The maximum atomic E-state index is 13.6. The van der Waals surface area contributed by atoms with Crippen molar-refractivity contribution in [3.05, 3.63) is 83.0 Å². The molecule has 3 heterocycles. The summed E-state index contributed by atoms with van der Waals surface area (Å²) in [4.78, 5) is 18.1. The van der Waals surface area contributed by atoms with Crippen molar-refractivity contribution in [2.75, 3.05) is 6.54 Å². The fourth-order valence-corrected chi connectivity index (χ4v) is 5.31. The molecule has 2 unspecified atom stereocenters. The van der Waals surface area contributed by atoms with E-state index < -0.39 is 17.2 Å². The summed E-state index contributed by atoms with van der Waals surface area (Å²) >= 11 is -0.229. The zero-order chi connectivity index (χ0) is 24.6. The first-order chi connectivity index (χ1) is 16.8. The van der Waals surface area contributed by atoms with Gasteiger partial charge in [-0.2, -0.15) is 13.2 Å². The van der Waals surface area contributed by atoms with E-state index in [2.05, 4.69) is 10.3 Å². The van der Waals surface area contributed by atoms with Crippen LogP contribution in [-0.4, -0.2) is 37.3 Å². The molecule has 0 amide bonds. The standard InChI is InChI=1S/C25H23F3N4O2S/c26-25(27,28)35-17-10-8-16(9-11-17)32-22(33)15-31(24(32)34)23(21-7-3-4-13-29-21)19-12-14-30-20-6-2-1-5-18(19)20/h1-2,5-6,8-12,14-15,21,23,29,33H,3-4,7,13H2. The topological polar surface area (TPSA) is 72.1 Å². The number of aromatic hydroxyl groups is 1. The molecule has 0 aliphatic carbocycles. The molecule has 6 nitrogen and oxygen atoms in total. The first kappa shape index (κ1) is 23.5. The molecule has 2 aromatic heterocycles. The summed E-state index contributed by atoms with van der Waals surface area (Å²) in [5, 5.41) is 15.2. The number of para-hydroxylation sites is 1. The van der Waals surface area contributed by atoms with E-state index in [4.69, 9.17) is 0 Å². The number of piperidine rings is 1. The predicted molar refractivity (Wildman–Crippen MR) is 129 cm³/mol. The number of nitrogens with one attached hydrogen (secondary N) is 1. The third-order valence-electron chi connectivity index (χ3n) is 6.25. The normalized spacial score (nSPS) is 17.5. The highest BCUT2D eigenvalue weighted by Gasteiger charge is 2.31. The molecular weight excluding hydrogens is 477 g/mol. The third kappa shape index (κ3) is 4.81.